The van der Waals surface area contributed by atoms with Gasteiger partial charge in [0.25, 0.3) is 0 Å². The highest BCUT2D eigenvalue weighted by Gasteiger charge is 2.20. The van der Waals surface area contributed by atoms with Crippen molar-refractivity contribution < 1.29 is 14.4 Å². The summed E-state index contributed by atoms with van der Waals surface area (Å²) < 4.78 is 0. The number of hydrogen-bond acceptors (Lipinski definition) is 7. The molecule has 0 saturated heterocycles. The minimum absolute atomic E-state index is 0.00421. The number of carbonyl (C=O) groups excluding carboxylic acids is 3. The number of nitrogens with zero attached hydrogens (tertiary/aromatic N) is 2. The van der Waals surface area contributed by atoms with Gasteiger partial charge in [-0.15, -0.1) is 0 Å². The van der Waals surface area contributed by atoms with E-state index in [0.29, 0.717) is 6.42 Å². The van der Waals surface area contributed by atoms with Crippen LogP contribution in [0.2, 0.25) is 0 Å². The number of aliphatic imine (C=N–C) groups is 2. The highest BCUT2D eigenvalue weighted by Crippen LogP contribution is 2.32. The number of benzene rings is 1. The van der Waals surface area contributed by atoms with Gasteiger partial charge in [-0.05, 0) is 30.6 Å². The van der Waals surface area contributed by atoms with Gasteiger partial charge in [-0.1, -0.05) is 6.07 Å². The second-order valence-electron chi connectivity index (χ2n) is 3.83. The molecule has 20 heavy (non-hydrogen) atoms. The van der Waals surface area contributed by atoms with E-state index in [-0.39, 0.29) is 22.7 Å². The molecule has 2 N–H and O–H groups in total. The van der Waals surface area contributed by atoms with Crippen molar-refractivity contribution in [3.8, 4) is 0 Å². The van der Waals surface area contributed by atoms with Crippen LogP contribution in [0.25, 0.3) is 0 Å². The molecule has 1 aromatic rings. The van der Waals surface area contributed by atoms with Crippen LogP contribution >= 0.6 is 11.8 Å². The van der Waals surface area contributed by atoms with Gasteiger partial charge >= 0.3 is 0 Å². The normalized spacial score (nSPS) is 11.1. The average molecular weight is 291 g/mol. The number of hydrogen-bond donors (Lipinski definition) is 1. The van der Waals surface area contributed by atoms with E-state index in [1.54, 1.807) is 11.8 Å². The Balaban J connectivity index is 3.23. The number of nitrogens with two attached hydrogens (primary N) is 1. The van der Waals surface area contributed by atoms with Gasteiger partial charge in [-0.25, -0.2) is 9.59 Å². The van der Waals surface area contributed by atoms with Crippen LogP contribution in [0, 0.1) is 0 Å². The fourth-order valence-corrected chi connectivity index (χ4v) is 2.10. The molecule has 0 aliphatic rings. The number of carbonyl (C=O) groups is 1. The van der Waals surface area contributed by atoms with Gasteiger partial charge < -0.3 is 5.73 Å². The number of Topliss-reactive ketones (excluding diaryl/α,β-unsaturated/α-hetero) is 1. The average Bonchev–Trinajstić information content (AvgIpc) is 2.46. The molecule has 0 saturated carbocycles. The Bertz CT molecular complexity index is 591. The number of isocyanates is 2. The molecule has 6 nitrogen and oxygen atoms in total. The molecular formula is C13H13N3O3S. The predicted octanol–water partition coefficient (Wildman–Crippen LogP) is 1.88. The van der Waals surface area contributed by atoms with E-state index in [9.17, 15) is 14.4 Å². The van der Waals surface area contributed by atoms with Crippen LogP contribution in [0.5, 0.6) is 0 Å². The first-order chi connectivity index (χ1) is 9.65. The van der Waals surface area contributed by atoms with Crippen LogP contribution < -0.4 is 5.73 Å². The monoisotopic (exact) mass is 291 g/mol. The van der Waals surface area contributed by atoms with E-state index in [2.05, 4.69) is 9.98 Å². The Morgan fingerprint density at radius 3 is 2.65 bits per heavy atom. The number of para-hydroxylation sites is 1. The summed E-state index contributed by atoms with van der Waals surface area (Å²) in [5.41, 5.74) is 6.05. The summed E-state index contributed by atoms with van der Waals surface area (Å²) in [6, 6.07) is 3.78. The van der Waals surface area contributed by atoms with E-state index in [1.165, 1.54) is 30.4 Å². The lowest BCUT2D eigenvalue weighted by molar-refractivity contribution is 0.0960. The summed E-state index contributed by atoms with van der Waals surface area (Å²) in [6.07, 6.45) is 5.12. The molecule has 0 heterocycles. The molecule has 0 aliphatic carbocycles. The summed E-state index contributed by atoms with van der Waals surface area (Å²) >= 11 is 1.58. The van der Waals surface area contributed by atoms with Gasteiger partial charge in [-0.2, -0.15) is 21.7 Å². The highest BCUT2D eigenvalue weighted by molar-refractivity contribution is 7.98. The SMILES string of the molecule is CSCC[C@H](N)C(=O)c1cccc(N=C=O)c1N=C=O. The maximum atomic E-state index is 12.2. The zero-order valence-corrected chi connectivity index (χ0v) is 11.6. The molecule has 0 aromatic heterocycles. The van der Waals surface area contributed by atoms with Gasteiger partial charge in [0.1, 0.15) is 11.4 Å². The molecule has 0 spiro atoms. The molecule has 1 atom stereocenters. The smallest absolute Gasteiger partial charge is 0.240 e. The molecular weight excluding hydrogens is 278 g/mol. The van der Waals surface area contributed by atoms with Crippen LogP contribution in [0.15, 0.2) is 28.2 Å². The Morgan fingerprint density at radius 1 is 1.35 bits per heavy atom. The highest BCUT2D eigenvalue weighted by atomic mass is 32.2. The van der Waals surface area contributed by atoms with Crippen molar-refractivity contribution >= 4 is 41.1 Å². The maximum Gasteiger partial charge on any atom is 0.240 e. The van der Waals surface area contributed by atoms with Crippen molar-refractivity contribution in [3.63, 3.8) is 0 Å². The maximum absolute atomic E-state index is 12.2. The van der Waals surface area contributed by atoms with Gasteiger partial charge in [0.2, 0.25) is 12.2 Å². The van der Waals surface area contributed by atoms with E-state index in [4.69, 9.17) is 5.73 Å². The molecule has 1 aromatic carbocycles. The third kappa shape index (κ3) is 3.98. The topological polar surface area (TPSA) is 102 Å². The van der Waals surface area contributed by atoms with Gasteiger partial charge in [0.15, 0.2) is 5.78 Å². The molecule has 0 unspecified atom stereocenters. The largest absolute Gasteiger partial charge is 0.321 e. The third-order valence-electron chi connectivity index (χ3n) is 2.57. The van der Waals surface area contributed by atoms with Crippen LogP contribution in [0.1, 0.15) is 16.8 Å². The molecule has 1 rings (SSSR count). The lowest BCUT2D eigenvalue weighted by Gasteiger charge is -2.11. The number of rotatable bonds is 7. The lowest BCUT2D eigenvalue weighted by Crippen LogP contribution is -2.31. The summed E-state index contributed by atoms with van der Waals surface area (Å²) in [6.45, 7) is 0. The van der Waals surface area contributed by atoms with Crippen molar-refractivity contribution in [2.45, 2.75) is 12.5 Å². The van der Waals surface area contributed by atoms with Crippen LogP contribution in [0.4, 0.5) is 11.4 Å². The predicted molar refractivity (Wildman–Crippen MR) is 77.3 cm³/mol. The van der Waals surface area contributed by atoms with Crippen LogP contribution in [0.3, 0.4) is 0 Å². The fraction of sp³-hybridized carbons (Fsp3) is 0.308. The van der Waals surface area contributed by atoms with Crippen molar-refractivity contribution in [1.29, 1.82) is 0 Å². The molecule has 0 bridgehead atoms. The van der Waals surface area contributed by atoms with Crippen molar-refractivity contribution in [1.82, 2.24) is 0 Å². The Kier molecular flexibility index (Phi) is 6.56. The summed E-state index contributed by atoms with van der Waals surface area (Å²) in [5, 5.41) is 0. The standard InChI is InChI=1S/C13H13N3O3S/c1-20-6-5-10(14)13(19)9-3-2-4-11(15-7-17)12(9)16-8-18/h2-4,10H,5-6,14H2,1H3/t10-/m0/s1. The summed E-state index contributed by atoms with van der Waals surface area (Å²) in [4.78, 5) is 39.9. The summed E-state index contributed by atoms with van der Waals surface area (Å²) in [5.74, 6) is 0.391. The second kappa shape index (κ2) is 8.19. The molecule has 0 fully saturated rings. The van der Waals surface area contributed by atoms with E-state index >= 15 is 0 Å². The van der Waals surface area contributed by atoms with Gasteiger partial charge in [-0.3, -0.25) is 4.79 Å². The minimum Gasteiger partial charge on any atom is -0.321 e. The van der Waals surface area contributed by atoms with Crippen molar-refractivity contribution in [2.24, 2.45) is 15.7 Å². The first-order valence-corrected chi connectivity index (χ1v) is 7.12. The zero-order valence-electron chi connectivity index (χ0n) is 10.8. The number of ketones is 1. The van der Waals surface area contributed by atoms with E-state index in [1.807, 2.05) is 6.26 Å². The molecule has 0 amide bonds. The van der Waals surface area contributed by atoms with Crippen molar-refractivity contribution in [2.75, 3.05) is 12.0 Å². The quantitative estimate of drug-likeness (QED) is 0.469. The van der Waals surface area contributed by atoms with Crippen molar-refractivity contribution in [3.05, 3.63) is 23.8 Å². The molecule has 0 aliphatic heterocycles. The number of thioether (sulfide) groups is 1. The molecule has 0 radical (unpaired) electrons. The van der Waals surface area contributed by atoms with Gasteiger partial charge in [0.05, 0.1) is 6.04 Å². The fourth-order valence-electron chi connectivity index (χ4n) is 1.61. The Labute approximate surface area is 120 Å². The minimum atomic E-state index is -0.696. The van der Waals surface area contributed by atoms with E-state index < -0.39 is 6.04 Å². The Hall–Kier alpha value is -2.04. The van der Waals surface area contributed by atoms with Crippen LogP contribution in [-0.4, -0.2) is 36.0 Å². The first-order valence-electron chi connectivity index (χ1n) is 5.73. The zero-order chi connectivity index (χ0) is 15.0. The van der Waals surface area contributed by atoms with E-state index in [0.717, 1.165) is 5.75 Å². The molecule has 7 heteroatoms. The lowest BCUT2D eigenvalue weighted by atomic mass is 10.0. The summed E-state index contributed by atoms with van der Waals surface area (Å²) in [7, 11) is 0. The van der Waals surface area contributed by atoms with Gasteiger partial charge in [0, 0.05) is 5.56 Å². The Morgan fingerprint density at radius 2 is 2.05 bits per heavy atom. The third-order valence-corrected chi connectivity index (χ3v) is 3.22. The second-order valence-corrected chi connectivity index (χ2v) is 4.82. The van der Waals surface area contributed by atoms with Crippen LogP contribution in [-0.2, 0) is 9.59 Å². The first kappa shape index (κ1) is 16.0. The molecule has 104 valence electrons.